The third-order valence-corrected chi connectivity index (χ3v) is 13.6. The van der Waals surface area contributed by atoms with Crippen molar-refractivity contribution in [2.45, 2.75) is 108 Å². The summed E-state index contributed by atoms with van der Waals surface area (Å²) < 4.78 is 26.2. The van der Waals surface area contributed by atoms with Crippen molar-refractivity contribution in [3.05, 3.63) is 72.5 Å². The Labute approximate surface area is 230 Å². The molecule has 0 aromatic heterocycles. The van der Waals surface area contributed by atoms with Gasteiger partial charge in [0.2, 0.25) is 0 Å². The molecular weight excluding hydrogens is 488 g/mol. The van der Waals surface area contributed by atoms with E-state index in [1.807, 2.05) is 0 Å². The van der Waals surface area contributed by atoms with Crippen molar-refractivity contribution in [2.24, 2.45) is 0 Å². The molecule has 2 atom stereocenters. The molecular formula is C33H46O4Si. The SMILES string of the molecule is CC(C)(C)[Si](OC[C@@H]1CCC/C(=C\CC[C@H]2COC3(CCCCC3)O2)O1)(c1ccccc1)c1ccccc1. The second-order valence-corrected chi connectivity index (χ2v) is 16.7. The summed E-state index contributed by atoms with van der Waals surface area (Å²) in [6, 6.07) is 21.8. The molecule has 2 aromatic rings. The van der Waals surface area contributed by atoms with Gasteiger partial charge in [-0.1, -0.05) is 87.9 Å². The van der Waals surface area contributed by atoms with E-state index < -0.39 is 8.32 Å². The summed E-state index contributed by atoms with van der Waals surface area (Å²) in [5.41, 5.74) is 0. The van der Waals surface area contributed by atoms with Gasteiger partial charge in [-0.05, 0) is 60.0 Å². The van der Waals surface area contributed by atoms with E-state index in [9.17, 15) is 0 Å². The van der Waals surface area contributed by atoms with Crippen LogP contribution < -0.4 is 10.4 Å². The molecule has 2 heterocycles. The molecule has 1 spiro atoms. The lowest BCUT2D eigenvalue weighted by Crippen LogP contribution is -2.67. The van der Waals surface area contributed by atoms with Gasteiger partial charge in [-0.25, -0.2) is 0 Å². The minimum Gasteiger partial charge on any atom is -0.493 e. The molecule has 206 valence electrons. The quantitative estimate of drug-likeness (QED) is 0.346. The third kappa shape index (κ3) is 6.12. The van der Waals surface area contributed by atoms with Crippen LogP contribution in [0.4, 0.5) is 0 Å². The van der Waals surface area contributed by atoms with Crippen LogP contribution in [0.5, 0.6) is 0 Å². The van der Waals surface area contributed by atoms with Gasteiger partial charge < -0.3 is 18.6 Å². The second kappa shape index (κ2) is 12.1. The predicted octanol–water partition coefficient (Wildman–Crippen LogP) is 6.87. The van der Waals surface area contributed by atoms with Gasteiger partial charge >= 0.3 is 0 Å². The molecule has 0 unspecified atom stereocenters. The topological polar surface area (TPSA) is 36.9 Å². The average Bonchev–Trinajstić information content (AvgIpc) is 3.31. The van der Waals surface area contributed by atoms with Gasteiger partial charge in [-0.2, -0.15) is 0 Å². The molecule has 38 heavy (non-hydrogen) atoms. The Morgan fingerprint density at radius 2 is 1.55 bits per heavy atom. The van der Waals surface area contributed by atoms with Crippen molar-refractivity contribution in [1.29, 1.82) is 0 Å². The Bertz CT molecular complexity index is 1000. The zero-order valence-corrected chi connectivity index (χ0v) is 24.6. The van der Waals surface area contributed by atoms with Crippen LogP contribution >= 0.6 is 0 Å². The summed E-state index contributed by atoms with van der Waals surface area (Å²) in [5.74, 6) is 0.847. The van der Waals surface area contributed by atoms with E-state index in [4.69, 9.17) is 18.6 Å². The summed E-state index contributed by atoms with van der Waals surface area (Å²) in [6.07, 6.45) is 13.6. The van der Waals surface area contributed by atoms with Crippen LogP contribution in [0.2, 0.25) is 5.04 Å². The molecule has 0 bridgehead atoms. The molecule has 2 aliphatic heterocycles. The molecule has 4 nitrogen and oxygen atoms in total. The van der Waals surface area contributed by atoms with E-state index in [0.29, 0.717) is 6.61 Å². The normalized spacial score (nSPS) is 25.0. The van der Waals surface area contributed by atoms with Gasteiger partial charge in [0.1, 0.15) is 6.10 Å². The predicted molar refractivity (Wildman–Crippen MR) is 156 cm³/mol. The number of hydrogen-bond donors (Lipinski definition) is 0. The molecule has 5 heteroatoms. The minimum atomic E-state index is -2.55. The van der Waals surface area contributed by atoms with Crippen LogP contribution in [-0.2, 0) is 18.6 Å². The van der Waals surface area contributed by atoms with Crippen LogP contribution in [0.1, 0.15) is 85.0 Å². The third-order valence-electron chi connectivity index (χ3n) is 8.56. The van der Waals surface area contributed by atoms with Crippen LogP contribution in [-0.4, -0.2) is 39.5 Å². The standard InChI is InChI=1S/C33H46O4Si/c1-32(2,3)38(30-19-7-4-8-20-30,31-21-9-5-10-22-31)35-26-28-17-13-15-27(36-28)16-14-18-29-25-34-33(37-29)23-11-6-12-24-33/h4-5,7-10,16,19-22,28-29H,6,11-15,17-18,23-26H2,1-3H3/b27-16+/t28-,29-/m0/s1. The lowest BCUT2D eigenvalue weighted by atomic mass is 9.94. The molecule has 2 aromatic carbocycles. The molecule has 1 saturated carbocycles. The Balaban J connectivity index is 1.23. The van der Waals surface area contributed by atoms with Crippen molar-refractivity contribution in [3.63, 3.8) is 0 Å². The van der Waals surface area contributed by atoms with E-state index in [2.05, 4.69) is 87.5 Å². The smallest absolute Gasteiger partial charge is 0.261 e. The number of allylic oxidation sites excluding steroid dienone is 2. The molecule has 1 aliphatic carbocycles. The van der Waals surface area contributed by atoms with Crippen molar-refractivity contribution >= 4 is 18.7 Å². The van der Waals surface area contributed by atoms with Crippen LogP contribution in [0.25, 0.3) is 0 Å². The second-order valence-electron chi connectivity index (χ2n) is 12.4. The van der Waals surface area contributed by atoms with Gasteiger partial charge in [0.25, 0.3) is 8.32 Å². The van der Waals surface area contributed by atoms with Crippen LogP contribution in [0.15, 0.2) is 72.5 Å². The first kappa shape index (κ1) is 27.6. The molecule has 3 fully saturated rings. The summed E-state index contributed by atoms with van der Waals surface area (Å²) in [5, 5.41) is 2.61. The number of ether oxygens (including phenoxy) is 3. The van der Waals surface area contributed by atoms with Crippen molar-refractivity contribution in [2.75, 3.05) is 13.2 Å². The Morgan fingerprint density at radius 1 is 0.895 bits per heavy atom. The Hall–Kier alpha value is -1.92. The van der Waals surface area contributed by atoms with Gasteiger partial charge in [0.15, 0.2) is 5.79 Å². The summed E-state index contributed by atoms with van der Waals surface area (Å²) >= 11 is 0. The minimum absolute atomic E-state index is 0.0257. The molecule has 3 aliphatic rings. The monoisotopic (exact) mass is 534 g/mol. The molecule has 0 N–H and O–H groups in total. The Morgan fingerprint density at radius 3 is 2.18 bits per heavy atom. The van der Waals surface area contributed by atoms with Crippen molar-refractivity contribution in [1.82, 2.24) is 0 Å². The van der Waals surface area contributed by atoms with Crippen LogP contribution in [0, 0.1) is 0 Å². The first-order valence-electron chi connectivity index (χ1n) is 14.8. The highest BCUT2D eigenvalue weighted by molar-refractivity contribution is 6.99. The zero-order valence-electron chi connectivity index (χ0n) is 23.6. The largest absolute Gasteiger partial charge is 0.493 e. The van der Waals surface area contributed by atoms with Gasteiger partial charge in [-0.3, -0.25) is 0 Å². The highest BCUT2D eigenvalue weighted by atomic mass is 28.4. The maximum Gasteiger partial charge on any atom is 0.261 e. The van der Waals surface area contributed by atoms with Crippen molar-refractivity contribution in [3.8, 4) is 0 Å². The fourth-order valence-electron chi connectivity index (χ4n) is 6.62. The first-order chi connectivity index (χ1) is 18.4. The lowest BCUT2D eigenvalue weighted by Gasteiger charge is -2.44. The number of rotatable bonds is 8. The maximum absolute atomic E-state index is 7.15. The molecule has 0 amide bonds. The highest BCUT2D eigenvalue weighted by Crippen LogP contribution is 2.39. The van der Waals surface area contributed by atoms with E-state index >= 15 is 0 Å². The molecule has 2 saturated heterocycles. The first-order valence-corrected chi connectivity index (χ1v) is 16.7. The van der Waals surface area contributed by atoms with Gasteiger partial charge in [0.05, 0.1) is 25.1 Å². The fourth-order valence-corrected chi connectivity index (χ4v) is 11.2. The van der Waals surface area contributed by atoms with Crippen molar-refractivity contribution < 1.29 is 18.6 Å². The van der Waals surface area contributed by atoms with Gasteiger partial charge in [-0.15, -0.1) is 0 Å². The van der Waals surface area contributed by atoms with Crippen LogP contribution in [0.3, 0.4) is 0 Å². The van der Waals surface area contributed by atoms with E-state index in [-0.39, 0.29) is 23.0 Å². The van der Waals surface area contributed by atoms with E-state index in [0.717, 1.165) is 57.3 Å². The highest BCUT2D eigenvalue weighted by Gasteiger charge is 2.50. The number of hydrogen-bond acceptors (Lipinski definition) is 4. The summed E-state index contributed by atoms with van der Waals surface area (Å²) in [7, 11) is -2.55. The van der Waals surface area contributed by atoms with E-state index in [1.54, 1.807) is 0 Å². The zero-order chi connectivity index (χ0) is 26.5. The maximum atomic E-state index is 7.15. The summed E-state index contributed by atoms with van der Waals surface area (Å²) in [4.78, 5) is 0. The van der Waals surface area contributed by atoms with Gasteiger partial charge in [0, 0.05) is 19.3 Å². The lowest BCUT2D eigenvalue weighted by molar-refractivity contribution is -0.187. The molecule has 5 rings (SSSR count). The number of benzene rings is 2. The summed E-state index contributed by atoms with van der Waals surface area (Å²) in [6.45, 7) is 8.35. The average molecular weight is 535 g/mol. The Kier molecular flexibility index (Phi) is 8.78. The van der Waals surface area contributed by atoms with E-state index in [1.165, 1.54) is 29.6 Å². The fraction of sp³-hybridized carbons (Fsp3) is 0.576. The molecule has 0 radical (unpaired) electrons.